The SMILES string of the molecule is CC1C(C)C(C)C2(C(=O)N(C)C)C(C)CC3C4CCC5CC(=O)C=CC5C4=CC(=O)C3C2C1C. The van der Waals surface area contributed by atoms with E-state index in [1.807, 2.05) is 20.2 Å². The van der Waals surface area contributed by atoms with Gasteiger partial charge in [0, 0.05) is 32.4 Å². The van der Waals surface area contributed by atoms with Gasteiger partial charge < -0.3 is 4.90 Å². The van der Waals surface area contributed by atoms with Crippen LogP contribution in [0.15, 0.2) is 23.8 Å². The molecule has 0 saturated heterocycles. The predicted molar refractivity (Wildman–Crippen MR) is 134 cm³/mol. The maximum Gasteiger partial charge on any atom is 0.229 e. The number of carbonyl (C=O) groups is 3. The van der Waals surface area contributed by atoms with Gasteiger partial charge >= 0.3 is 0 Å². The molecule has 0 N–H and O–H groups in total. The molecule has 1 amide bonds. The highest BCUT2D eigenvalue weighted by atomic mass is 16.2. The maximum absolute atomic E-state index is 14.1. The molecule has 4 nitrogen and oxygen atoms in total. The van der Waals surface area contributed by atoms with Crippen LogP contribution in [0.4, 0.5) is 0 Å². The van der Waals surface area contributed by atoms with E-state index in [-0.39, 0.29) is 47.1 Å². The Hall–Kier alpha value is -1.71. The Balaban J connectivity index is 1.63. The lowest BCUT2D eigenvalue weighted by molar-refractivity contribution is -0.197. The third-order valence-corrected chi connectivity index (χ3v) is 11.7. The van der Waals surface area contributed by atoms with Gasteiger partial charge in [-0.2, -0.15) is 0 Å². The fourth-order valence-corrected chi connectivity index (χ4v) is 9.81. The Bertz CT molecular complexity index is 962. The molecular formula is C30H43NO3. The van der Waals surface area contributed by atoms with Crippen LogP contribution < -0.4 is 0 Å². The monoisotopic (exact) mass is 465 g/mol. The molecule has 0 spiro atoms. The number of carbonyl (C=O) groups excluding carboxylic acids is 3. The van der Waals surface area contributed by atoms with E-state index in [0.717, 1.165) is 19.3 Å². The van der Waals surface area contributed by atoms with Gasteiger partial charge in [-0.15, -0.1) is 0 Å². The number of nitrogens with zero attached hydrogens (tertiary/aromatic N) is 1. The molecule has 5 aliphatic carbocycles. The van der Waals surface area contributed by atoms with Crippen molar-refractivity contribution in [3.63, 3.8) is 0 Å². The summed E-state index contributed by atoms with van der Waals surface area (Å²) in [4.78, 5) is 42.0. The Morgan fingerprint density at radius 1 is 1.00 bits per heavy atom. The number of allylic oxidation sites excluding steroid dienone is 4. The number of fused-ring (bicyclic) bond motifs is 7. The van der Waals surface area contributed by atoms with Gasteiger partial charge in [0.1, 0.15) is 0 Å². The Kier molecular flexibility index (Phi) is 5.77. The van der Waals surface area contributed by atoms with Crippen LogP contribution >= 0.6 is 0 Å². The number of amides is 1. The van der Waals surface area contributed by atoms with Crippen molar-refractivity contribution in [2.75, 3.05) is 14.1 Å². The maximum atomic E-state index is 14.1. The Morgan fingerprint density at radius 3 is 2.38 bits per heavy atom. The molecule has 0 bridgehead atoms. The molecule has 0 heterocycles. The van der Waals surface area contributed by atoms with Crippen molar-refractivity contribution < 1.29 is 14.4 Å². The summed E-state index contributed by atoms with van der Waals surface area (Å²) < 4.78 is 0. The first-order valence-electron chi connectivity index (χ1n) is 13.7. The van der Waals surface area contributed by atoms with Gasteiger partial charge in [0.25, 0.3) is 0 Å². The van der Waals surface area contributed by atoms with Crippen molar-refractivity contribution in [1.82, 2.24) is 4.90 Å². The van der Waals surface area contributed by atoms with E-state index in [0.29, 0.717) is 41.9 Å². The quantitative estimate of drug-likeness (QED) is 0.536. The molecule has 5 aliphatic rings. The molecule has 5 rings (SSSR count). The Labute approximate surface area is 205 Å². The molecule has 0 aromatic rings. The average molecular weight is 466 g/mol. The second kappa shape index (κ2) is 8.17. The van der Waals surface area contributed by atoms with E-state index in [1.165, 1.54) is 5.57 Å². The average Bonchev–Trinajstić information content (AvgIpc) is 2.79. The minimum absolute atomic E-state index is 0.0630. The van der Waals surface area contributed by atoms with Crippen LogP contribution in [0.5, 0.6) is 0 Å². The molecule has 34 heavy (non-hydrogen) atoms. The van der Waals surface area contributed by atoms with Crippen molar-refractivity contribution in [2.45, 2.75) is 60.3 Å². The summed E-state index contributed by atoms with van der Waals surface area (Å²) in [6.45, 7) is 11.6. The van der Waals surface area contributed by atoms with Crippen LogP contribution in [0.25, 0.3) is 0 Å². The molecule has 0 aromatic carbocycles. The number of hydrogen-bond acceptors (Lipinski definition) is 3. The van der Waals surface area contributed by atoms with Crippen molar-refractivity contribution in [1.29, 1.82) is 0 Å². The molecule has 0 aliphatic heterocycles. The predicted octanol–water partition coefficient (Wildman–Crippen LogP) is 5.19. The fraction of sp³-hybridized carbons (Fsp3) is 0.767. The van der Waals surface area contributed by atoms with Crippen molar-refractivity contribution in [3.05, 3.63) is 23.8 Å². The second-order valence-corrected chi connectivity index (χ2v) is 12.9. The summed E-state index contributed by atoms with van der Waals surface area (Å²) in [7, 11) is 3.79. The van der Waals surface area contributed by atoms with Crippen LogP contribution in [-0.2, 0) is 14.4 Å². The third-order valence-electron chi connectivity index (χ3n) is 11.7. The molecule has 3 fully saturated rings. The van der Waals surface area contributed by atoms with E-state index in [4.69, 9.17) is 0 Å². The molecule has 3 saturated carbocycles. The lowest BCUT2D eigenvalue weighted by Gasteiger charge is -2.65. The van der Waals surface area contributed by atoms with Crippen molar-refractivity contribution >= 4 is 17.5 Å². The molecule has 12 unspecified atom stereocenters. The number of ketones is 2. The van der Waals surface area contributed by atoms with E-state index >= 15 is 0 Å². The largest absolute Gasteiger partial charge is 0.348 e. The van der Waals surface area contributed by atoms with Crippen LogP contribution in [0.2, 0.25) is 0 Å². The zero-order valence-electron chi connectivity index (χ0n) is 22.1. The van der Waals surface area contributed by atoms with E-state index < -0.39 is 5.41 Å². The summed E-state index contributed by atoms with van der Waals surface area (Å²) in [6, 6.07) is 0. The lowest BCUT2D eigenvalue weighted by Crippen LogP contribution is -2.67. The summed E-state index contributed by atoms with van der Waals surface area (Å²) >= 11 is 0. The zero-order valence-corrected chi connectivity index (χ0v) is 22.1. The summed E-state index contributed by atoms with van der Waals surface area (Å²) in [5.74, 6) is 3.82. The van der Waals surface area contributed by atoms with Crippen LogP contribution in [0, 0.1) is 70.5 Å². The van der Waals surface area contributed by atoms with Gasteiger partial charge in [-0.1, -0.05) is 46.3 Å². The van der Waals surface area contributed by atoms with Gasteiger partial charge in [-0.25, -0.2) is 0 Å². The minimum Gasteiger partial charge on any atom is -0.348 e. The van der Waals surface area contributed by atoms with E-state index in [1.54, 1.807) is 11.0 Å². The van der Waals surface area contributed by atoms with Gasteiger partial charge in [0.15, 0.2) is 11.6 Å². The van der Waals surface area contributed by atoms with Crippen LogP contribution in [0.1, 0.15) is 60.3 Å². The Morgan fingerprint density at radius 2 is 1.71 bits per heavy atom. The van der Waals surface area contributed by atoms with Crippen LogP contribution in [0.3, 0.4) is 0 Å². The van der Waals surface area contributed by atoms with Crippen LogP contribution in [-0.4, -0.2) is 36.5 Å². The molecule has 12 atom stereocenters. The highest BCUT2D eigenvalue weighted by molar-refractivity contribution is 5.96. The summed E-state index contributed by atoms with van der Waals surface area (Å²) in [5.41, 5.74) is 0.813. The highest BCUT2D eigenvalue weighted by Gasteiger charge is 2.68. The zero-order chi connectivity index (χ0) is 24.7. The van der Waals surface area contributed by atoms with E-state index in [9.17, 15) is 14.4 Å². The highest BCUT2D eigenvalue weighted by Crippen LogP contribution is 2.67. The van der Waals surface area contributed by atoms with E-state index in [2.05, 4.69) is 40.7 Å². The smallest absolute Gasteiger partial charge is 0.229 e. The first-order chi connectivity index (χ1) is 16.0. The molecule has 0 radical (unpaired) electrons. The number of hydrogen-bond donors (Lipinski definition) is 0. The summed E-state index contributed by atoms with van der Waals surface area (Å²) in [6.07, 6.45) is 9.54. The third kappa shape index (κ3) is 3.05. The number of rotatable bonds is 1. The fourth-order valence-electron chi connectivity index (χ4n) is 9.81. The van der Waals surface area contributed by atoms with Gasteiger partial charge in [0.05, 0.1) is 5.41 Å². The summed E-state index contributed by atoms with van der Waals surface area (Å²) in [5, 5.41) is 0. The van der Waals surface area contributed by atoms with Gasteiger partial charge in [-0.05, 0) is 84.7 Å². The van der Waals surface area contributed by atoms with Crippen molar-refractivity contribution in [3.8, 4) is 0 Å². The topological polar surface area (TPSA) is 54.5 Å². The first-order valence-corrected chi connectivity index (χ1v) is 13.7. The molecular weight excluding hydrogens is 422 g/mol. The molecule has 4 heteroatoms. The van der Waals surface area contributed by atoms with Gasteiger partial charge in [-0.3, -0.25) is 14.4 Å². The molecule has 0 aromatic heterocycles. The first kappa shape index (κ1) is 24.0. The lowest BCUT2D eigenvalue weighted by atomic mass is 9.38. The normalized spacial score (nSPS) is 49.9. The van der Waals surface area contributed by atoms with Crippen molar-refractivity contribution in [2.24, 2.45) is 70.5 Å². The standard InChI is InChI=1S/C30H43NO3/c1-15-12-25-23-10-8-20-13-21(32)9-11-22(20)24(23)14-26(33)27(25)28-18(4)16(2)17(3)19(5)30(15,28)29(34)31(6)7/h9,11,14-20,22-23,25,27-28H,8,10,12-13H2,1-7H3. The molecule has 186 valence electrons. The minimum atomic E-state index is -0.481. The van der Waals surface area contributed by atoms with Gasteiger partial charge in [0.2, 0.25) is 5.91 Å². The second-order valence-electron chi connectivity index (χ2n) is 12.9.